The lowest BCUT2D eigenvalue weighted by molar-refractivity contribution is -0.137. The number of alkyl halides is 3. The predicted molar refractivity (Wildman–Crippen MR) is 95.5 cm³/mol. The largest absolute Gasteiger partial charge is 0.505 e. The maximum absolute atomic E-state index is 14.1. The van der Waals surface area contributed by atoms with Gasteiger partial charge in [-0.05, 0) is 38.1 Å². The smallest absolute Gasteiger partial charge is 0.416 e. The molecule has 0 saturated heterocycles. The summed E-state index contributed by atoms with van der Waals surface area (Å²) >= 11 is 0. The lowest BCUT2D eigenvalue weighted by Crippen LogP contribution is -2.14. The number of halogens is 4. The lowest BCUT2D eigenvalue weighted by Gasteiger charge is -2.10. The van der Waals surface area contributed by atoms with Gasteiger partial charge in [-0.15, -0.1) is 0 Å². The molecule has 0 aliphatic rings. The van der Waals surface area contributed by atoms with E-state index >= 15 is 0 Å². The molecule has 0 fully saturated rings. The van der Waals surface area contributed by atoms with Crippen LogP contribution in [0.4, 0.5) is 17.6 Å². The number of rotatable bonds is 2. The van der Waals surface area contributed by atoms with E-state index in [1.807, 2.05) is 0 Å². The molecule has 0 bridgehead atoms. The molecular weight excluding hydrogens is 394 g/mol. The number of fused-ring (bicyclic) bond motifs is 1. The maximum atomic E-state index is 14.1. The highest BCUT2D eigenvalue weighted by molar-refractivity contribution is 6.06. The molecule has 1 aromatic heterocycles. The first kappa shape index (κ1) is 20.4. The lowest BCUT2D eigenvalue weighted by atomic mass is 10.1. The molecule has 0 saturated carbocycles. The molecular formula is C20H15F4NO4. The van der Waals surface area contributed by atoms with E-state index in [1.165, 1.54) is 13.8 Å². The molecule has 3 aromatic rings. The Morgan fingerprint density at radius 2 is 1.69 bits per heavy atom. The van der Waals surface area contributed by atoms with Crippen molar-refractivity contribution in [2.24, 2.45) is 0 Å². The van der Waals surface area contributed by atoms with Crippen LogP contribution in [-0.2, 0) is 11.0 Å². The Bertz CT molecular complexity index is 1140. The summed E-state index contributed by atoms with van der Waals surface area (Å²) in [5.41, 5.74) is -0.808. The molecule has 3 rings (SSSR count). The molecule has 0 aliphatic heterocycles. The number of hydrogen-bond acceptors (Lipinski definition) is 4. The highest BCUT2D eigenvalue weighted by Crippen LogP contribution is 2.40. The van der Waals surface area contributed by atoms with Crippen LogP contribution >= 0.6 is 0 Å². The van der Waals surface area contributed by atoms with Crippen LogP contribution in [-0.4, -0.2) is 21.6 Å². The topological polar surface area (TPSA) is 68.5 Å². The average molecular weight is 409 g/mol. The van der Waals surface area contributed by atoms with Crippen LogP contribution in [0.15, 0.2) is 30.3 Å². The van der Waals surface area contributed by atoms with Crippen molar-refractivity contribution in [2.75, 3.05) is 0 Å². The van der Waals surface area contributed by atoms with E-state index in [-0.39, 0.29) is 33.5 Å². The van der Waals surface area contributed by atoms with Crippen LogP contribution in [0.2, 0.25) is 0 Å². The number of carbonyl (C=O) groups excluding carboxylic acids is 2. The molecule has 1 N–H and O–H groups in total. The van der Waals surface area contributed by atoms with Gasteiger partial charge >= 0.3 is 12.1 Å². The van der Waals surface area contributed by atoms with Gasteiger partial charge in [-0.1, -0.05) is 0 Å². The molecule has 0 amide bonds. The van der Waals surface area contributed by atoms with Gasteiger partial charge in [-0.2, -0.15) is 13.2 Å². The second kappa shape index (κ2) is 6.91. The first-order valence-electron chi connectivity index (χ1n) is 8.37. The Morgan fingerprint density at radius 3 is 2.21 bits per heavy atom. The molecule has 0 spiro atoms. The van der Waals surface area contributed by atoms with Crippen LogP contribution in [0.5, 0.6) is 11.5 Å². The van der Waals surface area contributed by atoms with Gasteiger partial charge in [0.15, 0.2) is 17.3 Å². The van der Waals surface area contributed by atoms with Gasteiger partial charge in [0.05, 0.1) is 22.2 Å². The van der Waals surface area contributed by atoms with E-state index in [4.69, 9.17) is 4.74 Å². The standard InChI is InChI=1S/C20H15F4NO4/c1-9-16-15(8-14(21)17(9)27)25(10(2)18(16)29-11(3)26)19(28)12-4-6-13(7-5-12)20(22,23)24/h4-8,27H,1-3H3. The minimum absolute atomic E-state index is 0.0106. The SMILES string of the molecule is CC(=O)Oc1c(C)n(C(=O)c2ccc(C(F)(F)F)cc2)c2cc(F)c(O)c(C)c12. The zero-order chi connectivity index (χ0) is 21.7. The zero-order valence-corrected chi connectivity index (χ0v) is 15.5. The molecule has 0 unspecified atom stereocenters. The Balaban J connectivity index is 2.25. The minimum Gasteiger partial charge on any atom is -0.505 e. The van der Waals surface area contributed by atoms with Crippen molar-refractivity contribution >= 4 is 22.8 Å². The van der Waals surface area contributed by atoms with E-state index < -0.39 is 35.2 Å². The van der Waals surface area contributed by atoms with Gasteiger partial charge in [0, 0.05) is 24.1 Å². The average Bonchev–Trinajstić information content (AvgIpc) is 2.89. The molecule has 9 heteroatoms. The van der Waals surface area contributed by atoms with Crippen molar-refractivity contribution in [1.82, 2.24) is 4.57 Å². The second-order valence-corrected chi connectivity index (χ2v) is 6.45. The number of carbonyl (C=O) groups is 2. The number of nitrogens with zero attached hydrogens (tertiary/aromatic N) is 1. The van der Waals surface area contributed by atoms with Crippen molar-refractivity contribution in [3.8, 4) is 11.5 Å². The van der Waals surface area contributed by atoms with Crippen LogP contribution in [0, 0.1) is 19.7 Å². The summed E-state index contributed by atoms with van der Waals surface area (Å²) < 4.78 is 58.6. The highest BCUT2D eigenvalue weighted by Gasteiger charge is 2.31. The van der Waals surface area contributed by atoms with Crippen LogP contribution in [0.3, 0.4) is 0 Å². The van der Waals surface area contributed by atoms with Crippen molar-refractivity contribution in [2.45, 2.75) is 26.9 Å². The summed E-state index contributed by atoms with van der Waals surface area (Å²) in [5, 5.41) is 10.1. The van der Waals surface area contributed by atoms with Gasteiger partial charge in [0.1, 0.15) is 0 Å². The fourth-order valence-corrected chi connectivity index (χ4v) is 3.14. The molecule has 0 radical (unpaired) electrons. The quantitative estimate of drug-likeness (QED) is 0.491. The molecule has 2 aromatic carbocycles. The third kappa shape index (κ3) is 3.43. The summed E-state index contributed by atoms with van der Waals surface area (Å²) in [6, 6.07) is 4.44. The Kier molecular flexibility index (Phi) is 4.86. The summed E-state index contributed by atoms with van der Waals surface area (Å²) in [6.07, 6.45) is -4.56. The van der Waals surface area contributed by atoms with Crippen molar-refractivity contribution in [3.05, 3.63) is 58.5 Å². The molecule has 0 aliphatic carbocycles. The van der Waals surface area contributed by atoms with Crippen LogP contribution < -0.4 is 4.74 Å². The van der Waals surface area contributed by atoms with E-state index in [0.717, 1.165) is 41.8 Å². The number of phenolic OH excluding ortho intramolecular Hbond substituents is 1. The van der Waals surface area contributed by atoms with Crippen molar-refractivity contribution in [3.63, 3.8) is 0 Å². The Labute approximate surface area is 162 Å². The summed E-state index contributed by atoms with van der Waals surface area (Å²) in [6.45, 7) is 3.97. The number of esters is 1. The van der Waals surface area contributed by atoms with Gasteiger partial charge in [0.25, 0.3) is 5.91 Å². The summed E-state index contributed by atoms with van der Waals surface area (Å²) in [7, 11) is 0. The van der Waals surface area contributed by atoms with E-state index in [0.29, 0.717) is 0 Å². The third-order valence-electron chi connectivity index (χ3n) is 4.52. The third-order valence-corrected chi connectivity index (χ3v) is 4.52. The molecule has 29 heavy (non-hydrogen) atoms. The number of aryl methyl sites for hydroxylation is 1. The van der Waals surface area contributed by atoms with Crippen LogP contribution in [0.25, 0.3) is 10.9 Å². The number of aromatic nitrogens is 1. The number of hydrogen-bond donors (Lipinski definition) is 1. The molecule has 1 heterocycles. The fraction of sp³-hybridized carbons (Fsp3) is 0.200. The van der Waals surface area contributed by atoms with E-state index in [9.17, 15) is 32.3 Å². The fourth-order valence-electron chi connectivity index (χ4n) is 3.14. The number of aromatic hydroxyl groups is 1. The first-order valence-corrected chi connectivity index (χ1v) is 8.37. The molecule has 152 valence electrons. The summed E-state index contributed by atoms with van der Waals surface area (Å²) in [4.78, 5) is 24.5. The number of ether oxygens (including phenoxy) is 1. The van der Waals surface area contributed by atoms with Gasteiger partial charge in [0.2, 0.25) is 0 Å². The van der Waals surface area contributed by atoms with Gasteiger partial charge in [-0.3, -0.25) is 14.2 Å². The maximum Gasteiger partial charge on any atom is 0.416 e. The van der Waals surface area contributed by atoms with Gasteiger partial charge in [-0.25, -0.2) is 4.39 Å². The predicted octanol–water partition coefficient (Wildman–Crippen LogP) is 4.74. The normalized spacial score (nSPS) is 11.7. The van der Waals surface area contributed by atoms with E-state index in [2.05, 4.69) is 0 Å². The second-order valence-electron chi connectivity index (χ2n) is 6.45. The highest BCUT2D eigenvalue weighted by atomic mass is 19.4. The molecule has 5 nitrogen and oxygen atoms in total. The summed E-state index contributed by atoms with van der Waals surface area (Å²) in [5.74, 6) is -3.14. The Morgan fingerprint density at radius 1 is 1.10 bits per heavy atom. The minimum atomic E-state index is -4.56. The Hall–Kier alpha value is -3.36. The van der Waals surface area contributed by atoms with Gasteiger partial charge < -0.3 is 9.84 Å². The van der Waals surface area contributed by atoms with Crippen LogP contribution in [0.1, 0.15) is 34.1 Å². The number of benzene rings is 2. The van der Waals surface area contributed by atoms with E-state index in [1.54, 1.807) is 0 Å². The van der Waals surface area contributed by atoms with Crippen molar-refractivity contribution in [1.29, 1.82) is 0 Å². The molecule has 0 atom stereocenters. The van der Waals surface area contributed by atoms with Crippen molar-refractivity contribution < 1.29 is 37.0 Å². The monoisotopic (exact) mass is 409 g/mol. The number of phenols is 1. The zero-order valence-electron chi connectivity index (χ0n) is 15.5. The first-order chi connectivity index (χ1) is 13.4.